The van der Waals surface area contributed by atoms with Crippen LogP contribution in [0.5, 0.6) is 0 Å². The zero-order valence-corrected chi connectivity index (χ0v) is 16.5. The summed E-state index contributed by atoms with van der Waals surface area (Å²) in [5.74, 6) is -0.832. The topological polar surface area (TPSA) is 94.7 Å². The first-order valence-electron chi connectivity index (χ1n) is 10.5. The van der Waals surface area contributed by atoms with Crippen molar-refractivity contribution in [2.24, 2.45) is 17.8 Å². The highest BCUT2D eigenvalue weighted by atomic mass is 19.1. The minimum Gasteiger partial charge on any atom is -0.469 e. The summed E-state index contributed by atoms with van der Waals surface area (Å²) < 4.78 is 19.5. The molecule has 0 aromatic heterocycles. The first kappa shape index (κ1) is 20.0. The molecule has 0 radical (unpaired) electrons. The Kier molecular flexibility index (Phi) is 6.15. The van der Waals surface area contributed by atoms with Crippen molar-refractivity contribution in [3.63, 3.8) is 0 Å². The Balaban J connectivity index is 1.34. The number of rotatable bonds is 5. The maximum atomic E-state index is 14.6. The van der Waals surface area contributed by atoms with E-state index in [0.717, 1.165) is 39.0 Å². The molecule has 2 heterocycles. The Morgan fingerprint density at radius 3 is 2.57 bits per heavy atom. The number of hydrazine groups is 1. The van der Waals surface area contributed by atoms with E-state index in [-0.39, 0.29) is 36.5 Å². The van der Waals surface area contributed by atoms with Gasteiger partial charge in [0.2, 0.25) is 5.91 Å². The van der Waals surface area contributed by atoms with Crippen LogP contribution in [0.4, 0.5) is 4.39 Å². The zero-order valence-electron chi connectivity index (χ0n) is 16.5. The number of halogens is 1. The van der Waals surface area contributed by atoms with Crippen LogP contribution in [0, 0.1) is 17.8 Å². The van der Waals surface area contributed by atoms with E-state index in [0.29, 0.717) is 18.8 Å². The van der Waals surface area contributed by atoms with Gasteiger partial charge in [0, 0.05) is 25.8 Å². The Hall–Kier alpha value is -1.29. The minimum absolute atomic E-state index is 0.0595. The summed E-state index contributed by atoms with van der Waals surface area (Å²) >= 11 is 0. The number of esters is 1. The van der Waals surface area contributed by atoms with Gasteiger partial charge in [0.05, 0.1) is 19.2 Å². The number of nitrogens with zero attached hydrogens (tertiary/aromatic N) is 1. The van der Waals surface area contributed by atoms with Crippen molar-refractivity contribution in [2.45, 2.75) is 62.9 Å². The highest BCUT2D eigenvalue weighted by Gasteiger charge is 2.47. The van der Waals surface area contributed by atoms with Crippen LogP contribution in [-0.4, -0.2) is 68.1 Å². The van der Waals surface area contributed by atoms with E-state index >= 15 is 0 Å². The molecule has 4 fully saturated rings. The van der Waals surface area contributed by atoms with Crippen LogP contribution < -0.4 is 21.5 Å². The number of amides is 1. The van der Waals surface area contributed by atoms with E-state index in [2.05, 4.69) is 26.4 Å². The second-order valence-electron chi connectivity index (χ2n) is 8.64. The maximum Gasteiger partial charge on any atom is 0.310 e. The number of carbonyl (C=O) groups excluding carboxylic acids is 2. The predicted octanol–water partition coefficient (Wildman–Crippen LogP) is -0.136. The number of alkyl halides is 1. The largest absolute Gasteiger partial charge is 0.469 e. The van der Waals surface area contributed by atoms with Crippen molar-refractivity contribution in [3.8, 4) is 0 Å². The van der Waals surface area contributed by atoms with Gasteiger partial charge in [-0.15, -0.1) is 0 Å². The lowest BCUT2D eigenvalue weighted by molar-refractivity contribution is -0.150. The van der Waals surface area contributed by atoms with Crippen LogP contribution in [0.1, 0.15) is 38.5 Å². The van der Waals surface area contributed by atoms with Crippen LogP contribution in [0.15, 0.2) is 0 Å². The van der Waals surface area contributed by atoms with Crippen molar-refractivity contribution in [2.75, 3.05) is 26.9 Å². The number of methoxy groups -OCH3 is 1. The standard InChI is InChI=1S/C19H32FN5O3/c1-28-19(27)13-8-14(20)12(11-2-3-11)9-16(13)22-18(26)15-4-5-17(24-23-15)25-7-6-21-10-25/h11-17,21,23-24H,2-10H2,1H3,(H,22,26)/t12?,13?,14-,15?,16?,17?/m1/s1. The summed E-state index contributed by atoms with van der Waals surface area (Å²) in [5.41, 5.74) is 6.37. The lowest BCUT2D eigenvalue weighted by atomic mass is 9.74. The van der Waals surface area contributed by atoms with Gasteiger partial charge in [-0.1, -0.05) is 0 Å². The first-order chi connectivity index (χ1) is 13.6. The lowest BCUT2D eigenvalue weighted by Crippen LogP contribution is -2.63. The monoisotopic (exact) mass is 397 g/mol. The molecule has 0 spiro atoms. The SMILES string of the molecule is COC(=O)C1C[C@@H](F)C(C2CC2)CC1NC(=O)C1CCC(N2CCNC2)NN1. The van der Waals surface area contributed by atoms with Gasteiger partial charge in [0.15, 0.2) is 0 Å². The minimum atomic E-state index is -0.992. The van der Waals surface area contributed by atoms with Gasteiger partial charge in [-0.25, -0.2) is 15.2 Å². The molecule has 2 saturated heterocycles. The van der Waals surface area contributed by atoms with Gasteiger partial charge in [-0.2, -0.15) is 0 Å². The first-order valence-corrected chi connectivity index (χ1v) is 10.5. The van der Waals surface area contributed by atoms with Crippen molar-refractivity contribution >= 4 is 11.9 Å². The third-order valence-corrected chi connectivity index (χ3v) is 6.82. The number of carbonyl (C=O) groups is 2. The molecule has 2 saturated carbocycles. The average Bonchev–Trinajstić information content (AvgIpc) is 3.41. The summed E-state index contributed by atoms with van der Waals surface area (Å²) in [7, 11) is 1.32. The van der Waals surface area contributed by atoms with Crippen molar-refractivity contribution < 1.29 is 18.7 Å². The fourth-order valence-corrected chi connectivity index (χ4v) is 4.98. The molecule has 8 nitrogen and oxygen atoms in total. The molecule has 9 heteroatoms. The second-order valence-corrected chi connectivity index (χ2v) is 8.64. The number of ether oxygens (including phenoxy) is 1. The van der Waals surface area contributed by atoms with E-state index in [1.807, 2.05) is 0 Å². The van der Waals surface area contributed by atoms with Gasteiger partial charge in [-0.05, 0) is 50.4 Å². The van der Waals surface area contributed by atoms with Crippen LogP contribution in [0.25, 0.3) is 0 Å². The lowest BCUT2D eigenvalue weighted by Gasteiger charge is -2.39. The molecular weight excluding hydrogens is 365 g/mol. The van der Waals surface area contributed by atoms with Crippen molar-refractivity contribution in [1.82, 2.24) is 26.4 Å². The second kappa shape index (κ2) is 8.61. The molecule has 2 aliphatic heterocycles. The summed E-state index contributed by atoms with van der Waals surface area (Å²) in [4.78, 5) is 27.3. The summed E-state index contributed by atoms with van der Waals surface area (Å²) in [6.07, 6.45) is 3.56. The summed E-state index contributed by atoms with van der Waals surface area (Å²) in [5, 5.41) is 6.34. The number of nitrogens with one attached hydrogen (secondary N) is 4. The fourth-order valence-electron chi connectivity index (χ4n) is 4.98. The van der Waals surface area contributed by atoms with Crippen molar-refractivity contribution in [3.05, 3.63) is 0 Å². The highest BCUT2D eigenvalue weighted by Crippen LogP contribution is 2.46. The molecule has 1 amide bonds. The Morgan fingerprint density at radius 1 is 1.14 bits per heavy atom. The van der Waals surface area contributed by atoms with Gasteiger partial charge in [0.25, 0.3) is 0 Å². The molecule has 0 aromatic rings. The van der Waals surface area contributed by atoms with Gasteiger partial charge in [0.1, 0.15) is 12.2 Å². The average molecular weight is 397 g/mol. The van der Waals surface area contributed by atoms with Gasteiger partial charge < -0.3 is 15.4 Å². The Labute approximate surface area is 165 Å². The van der Waals surface area contributed by atoms with E-state index in [9.17, 15) is 14.0 Å². The quantitative estimate of drug-likeness (QED) is 0.480. The predicted molar refractivity (Wildman–Crippen MR) is 100 cm³/mol. The van der Waals surface area contributed by atoms with Crippen LogP contribution in [-0.2, 0) is 14.3 Å². The van der Waals surface area contributed by atoms with E-state index in [1.165, 1.54) is 7.11 Å². The van der Waals surface area contributed by atoms with Gasteiger partial charge >= 0.3 is 5.97 Å². The highest BCUT2D eigenvalue weighted by molar-refractivity contribution is 5.83. The Morgan fingerprint density at radius 2 is 1.96 bits per heavy atom. The molecule has 2 aliphatic carbocycles. The molecule has 4 rings (SSSR count). The van der Waals surface area contributed by atoms with Crippen LogP contribution in [0.2, 0.25) is 0 Å². The zero-order chi connectivity index (χ0) is 19.7. The third-order valence-electron chi connectivity index (χ3n) is 6.82. The fraction of sp³-hybridized carbons (Fsp3) is 0.895. The normalized spacial score (nSPS) is 39.5. The molecule has 6 atom stereocenters. The maximum absolute atomic E-state index is 14.6. The summed E-state index contributed by atoms with van der Waals surface area (Å²) in [6.45, 7) is 2.83. The number of hydrogen-bond donors (Lipinski definition) is 4. The van der Waals surface area contributed by atoms with E-state index < -0.39 is 18.1 Å². The smallest absolute Gasteiger partial charge is 0.310 e. The van der Waals surface area contributed by atoms with Gasteiger partial charge in [-0.3, -0.25) is 14.5 Å². The third kappa shape index (κ3) is 4.32. The molecule has 28 heavy (non-hydrogen) atoms. The van der Waals surface area contributed by atoms with Crippen molar-refractivity contribution in [1.29, 1.82) is 0 Å². The molecule has 158 valence electrons. The Bertz CT molecular complexity index is 576. The van der Waals surface area contributed by atoms with Crippen LogP contribution in [0.3, 0.4) is 0 Å². The van der Waals surface area contributed by atoms with Crippen LogP contribution >= 0.6 is 0 Å². The van der Waals surface area contributed by atoms with E-state index in [4.69, 9.17) is 4.74 Å². The van der Waals surface area contributed by atoms with E-state index in [1.54, 1.807) is 0 Å². The molecule has 0 aromatic carbocycles. The molecule has 0 bridgehead atoms. The number of hydrogen-bond acceptors (Lipinski definition) is 7. The molecule has 4 aliphatic rings. The molecule has 4 N–H and O–H groups in total. The molecular formula is C19H32FN5O3. The molecule has 5 unspecified atom stereocenters. The summed E-state index contributed by atoms with van der Waals surface area (Å²) in [6, 6.07) is -0.715.